The number of aromatic nitrogens is 3. The van der Waals surface area contributed by atoms with Gasteiger partial charge in [-0.15, -0.1) is 13.2 Å². The first-order valence-corrected chi connectivity index (χ1v) is 12.2. The van der Waals surface area contributed by atoms with Crippen molar-refractivity contribution < 1.29 is 26.8 Å². The van der Waals surface area contributed by atoms with Gasteiger partial charge in [0, 0.05) is 24.1 Å². The van der Waals surface area contributed by atoms with Gasteiger partial charge >= 0.3 is 6.36 Å². The smallest absolute Gasteiger partial charge is 0.403 e. The fraction of sp³-hybridized carbons (Fsp3) is 0.407. The number of hydrogen-bond donors (Lipinski definition) is 0. The van der Waals surface area contributed by atoms with E-state index in [9.17, 15) is 17.6 Å². The molecule has 0 spiro atoms. The van der Waals surface area contributed by atoms with E-state index in [2.05, 4.69) is 38.5 Å². The largest absolute Gasteiger partial charge is 0.573 e. The number of nitrogens with zero attached hydrogens (tertiary/aromatic N) is 4. The van der Waals surface area contributed by atoms with E-state index >= 15 is 0 Å². The summed E-state index contributed by atoms with van der Waals surface area (Å²) in [6.07, 6.45) is -3.56. The third kappa shape index (κ3) is 5.07. The van der Waals surface area contributed by atoms with Crippen LogP contribution in [-0.4, -0.2) is 46.1 Å². The molecular weight excluding hydrogens is 488 g/mol. The number of likely N-dealkylation sites (tertiary alicyclic amines) is 1. The Morgan fingerprint density at radius 3 is 2.57 bits per heavy atom. The lowest BCUT2D eigenvalue weighted by atomic mass is 9.99. The van der Waals surface area contributed by atoms with Crippen LogP contribution in [-0.2, 0) is 6.42 Å². The van der Waals surface area contributed by atoms with Gasteiger partial charge in [0.05, 0.1) is 16.7 Å². The fourth-order valence-corrected chi connectivity index (χ4v) is 5.35. The highest BCUT2D eigenvalue weighted by Gasteiger charge is 2.32. The lowest BCUT2D eigenvalue weighted by Gasteiger charge is -2.20. The number of halogens is 4. The van der Waals surface area contributed by atoms with Gasteiger partial charge in [-0.25, -0.2) is 9.37 Å². The van der Waals surface area contributed by atoms with Crippen molar-refractivity contribution in [3.63, 3.8) is 0 Å². The molecule has 2 unspecified atom stereocenters. The molecule has 10 heteroatoms. The van der Waals surface area contributed by atoms with Crippen molar-refractivity contribution in [1.82, 2.24) is 19.6 Å². The second kappa shape index (κ2) is 9.48. The lowest BCUT2D eigenvalue weighted by Crippen LogP contribution is -2.19. The minimum Gasteiger partial charge on any atom is -0.403 e. The minimum atomic E-state index is -4.95. The molecule has 2 atom stereocenters. The van der Waals surface area contributed by atoms with Crippen LogP contribution < -0.4 is 4.74 Å². The highest BCUT2D eigenvalue weighted by atomic mass is 19.4. The monoisotopic (exact) mass is 516 g/mol. The maximum atomic E-state index is 14.3. The number of fused-ring (bicyclic) bond motifs is 1. The van der Waals surface area contributed by atoms with Gasteiger partial charge in [0.2, 0.25) is 0 Å². The van der Waals surface area contributed by atoms with Crippen molar-refractivity contribution in [2.75, 3.05) is 20.1 Å². The summed E-state index contributed by atoms with van der Waals surface area (Å²) in [6, 6.07) is 9.98. The molecule has 3 heterocycles. The molecule has 0 radical (unpaired) electrons. The Bertz CT molecular complexity index is 1420. The number of likely N-dealkylation sites (N-methyl/N-ethyl adjacent to an activating group) is 1. The van der Waals surface area contributed by atoms with Gasteiger partial charge in [-0.05, 0) is 75.7 Å². The molecule has 0 saturated carbocycles. The molecule has 0 bridgehead atoms. The first kappa shape index (κ1) is 25.3. The summed E-state index contributed by atoms with van der Waals surface area (Å²) in [6.45, 7) is 7.64. The molecule has 1 aliphatic rings. The molecule has 5 rings (SSSR count). The molecular formula is C27H28F4N4O2. The second-order valence-corrected chi connectivity index (χ2v) is 9.87. The molecule has 2 aromatic carbocycles. The summed E-state index contributed by atoms with van der Waals surface area (Å²) in [5.74, 6) is -0.395. The van der Waals surface area contributed by atoms with Crippen LogP contribution in [0.15, 0.2) is 40.9 Å². The summed E-state index contributed by atoms with van der Waals surface area (Å²) in [5, 5.41) is 4.07. The van der Waals surface area contributed by atoms with Crippen LogP contribution in [0.25, 0.3) is 22.2 Å². The van der Waals surface area contributed by atoms with E-state index in [0.717, 1.165) is 71.1 Å². The molecule has 196 valence electrons. The van der Waals surface area contributed by atoms with Crippen molar-refractivity contribution in [3.8, 4) is 16.9 Å². The van der Waals surface area contributed by atoms with E-state index in [-0.39, 0.29) is 12.0 Å². The van der Waals surface area contributed by atoms with Crippen LogP contribution in [0, 0.1) is 19.7 Å². The number of imidazole rings is 1. The van der Waals surface area contributed by atoms with Crippen molar-refractivity contribution >= 4 is 11.0 Å². The molecule has 1 fully saturated rings. The maximum Gasteiger partial charge on any atom is 0.573 e. The number of ether oxygens (including phenoxy) is 1. The van der Waals surface area contributed by atoms with Crippen molar-refractivity contribution in [1.29, 1.82) is 0 Å². The highest BCUT2D eigenvalue weighted by Crippen LogP contribution is 2.36. The maximum absolute atomic E-state index is 14.3. The lowest BCUT2D eigenvalue weighted by molar-refractivity contribution is -0.275. The first-order chi connectivity index (χ1) is 17.5. The molecule has 6 nitrogen and oxygen atoms in total. The fourth-order valence-electron chi connectivity index (χ4n) is 5.35. The van der Waals surface area contributed by atoms with E-state index in [0.29, 0.717) is 12.0 Å². The predicted octanol–water partition coefficient (Wildman–Crippen LogP) is 6.57. The Kier molecular flexibility index (Phi) is 6.47. The zero-order valence-corrected chi connectivity index (χ0v) is 21.1. The van der Waals surface area contributed by atoms with E-state index < -0.39 is 17.9 Å². The second-order valence-electron chi connectivity index (χ2n) is 9.87. The Balaban J connectivity index is 1.51. The van der Waals surface area contributed by atoms with Crippen molar-refractivity contribution in [2.24, 2.45) is 0 Å². The molecule has 1 aliphatic heterocycles. The SMILES string of the molecule is Cc1noc(C)c1-c1ccc2c(c1)nc(C(C)Cc1ccc(OC(F)(F)F)c(F)c1)n2C1CCN(C)C1. The van der Waals surface area contributed by atoms with Gasteiger partial charge in [0.15, 0.2) is 11.6 Å². The highest BCUT2D eigenvalue weighted by molar-refractivity contribution is 5.84. The van der Waals surface area contributed by atoms with Gasteiger partial charge in [-0.1, -0.05) is 24.2 Å². The van der Waals surface area contributed by atoms with Gasteiger partial charge in [-0.3, -0.25) is 0 Å². The Labute approximate surface area is 211 Å². The van der Waals surface area contributed by atoms with Crippen LogP contribution in [0.5, 0.6) is 5.75 Å². The van der Waals surface area contributed by atoms with E-state index in [1.165, 1.54) is 6.07 Å². The first-order valence-electron chi connectivity index (χ1n) is 12.2. The summed E-state index contributed by atoms with van der Waals surface area (Å²) in [7, 11) is 2.09. The van der Waals surface area contributed by atoms with Crippen LogP contribution in [0.2, 0.25) is 0 Å². The summed E-state index contributed by atoms with van der Waals surface area (Å²) < 4.78 is 63.3. The van der Waals surface area contributed by atoms with Crippen LogP contribution in [0.4, 0.5) is 17.6 Å². The third-order valence-corrected chi connectivity index (χ3v) is 6.98. The zero-order chi connectivity index (χ0) is 26.5. The van der Waals surface area contributed by atoms with E-state index in [4.69, 9.17) is 9.51 Å². The number of alkyl halides is 3. The molecule has 4 aromatic rings. The summed E-state index contributed by atoms with van der Waals surface area (Å²) in [4.78, 5) is 7.30. The molecule has 0 N–H and O–H groups in total. The van der Waals surface area contributed by atoms with Crippen LogP contribution >= 0.6 is 0 Å². The van der Waals surface area contributed by atoms with Crippen molar-refractivity contribution in [2.45, 2.75) is 51.9 Å². The van der Waals surface area contributed by atoms with Gasteiger partial charge < -0.3 is 18.7 Å². The number of benzene rings is 2. The Hall–Kier alpha value is -3.40. The van der Waals surface area contributed by atoms with Gasteiger partial charge in [-0.2, -0.15) is 0 Å². The topological polar surface area (TPSA) is 56.3 Å². The zero-order valence-electron chi connectivity index (χ0n) is 21.1. The predicted molar refractivity (Wildman–Crippen MR) is 131 cm³/mol. The molecule has 37 heavy (non-hydrogen) atoms. The molecule has 2 aromatic heterocycles. The standard InChI is InChI=1S/C27H28F4N4O2/c1-15(11-18-5-8-24(21(28)12-18)36-27(29,30)31)26-32-22-13-19(25-16(2)33-37-17(25)3)6-7-23(22)35(26)20-9-10-34(4)14-20/h5-8,12-13,15,20H,9-11,14H2,1-4H3. The van der Waals surface area contributed by atoms with Gasteiger partial charge in [0.1, 0.15) is 11.6 Å². The third-order valence-electron chi connectivity index (χ3n) is 6.98. The summed E-state index contributed by atoms with van der Waals surface area (Å²) in [5.41, 5.74) is 5.15. The Morgan fingerprint density at radius 1 is 1.16 bits per heavy atom. The van der Waals surface area contributed by atoms with E-state index in [1.54, 1.807) is 0 Å². The van der Waals surface area contributed by atoms with Gasteiger partial charge in [0.25, 0.3) is 0 Å². The number of rotatable bonds is 6. The normalized spacial score (nSPS) is 17.6. The summed E-state index contributed by atoms with van der Waals surface area (Å²) >= 11 is 0. The average Bonchev–Trinajstić information content (AvgIpc) is 3.50. The van der Waals surface area contributed by atoms with Crippen molar-refractivity contribution in [3.05, 3.63) is 65.1 Å². The molecule has 1 saturated heterocycles. The van der Waals surface area contributed by atoms with Crippen LogP contribution in [0.3, 0.4) is 0 Å². The minimum absolute atomic E-state index is 0.116. The van der Waals surface area contributed by atoms with E-state index in [1.807, 2.05) is 26.8 Å². The molecule has 0 amide bonds. The Morgan fingerprint density at radius 2 is 1.95 bits per heavy atom. The molecule has 0 aliphatic carbocycles. The average molecular weight is 517 g/mol. The number of aryl methyl sites for hydroxylation is 2. The van der Waals surface area contributed by atoms with Crippen LogP contribution in [0.1, 0.15) is 48.1 Å². The quantitative estimate of drug-likeness (QED) is 0.272. The number of hydrogen-bond acceptors (Lipinski definition) is 5.